The molecule has 0 aliphatic heterocycles. The Hall–Kier alpha value is -2.01. The van der Waals surface area contributed by atoms with Gasteiger partial charge in [-0.25, -0.2) is 0 Å². The van der Waals surface area contributed by atoms with Crippen molar-refractivity contribution >= 4 is 17.3 Å². The molecule has 0 bridgehead atoms. The average Bonchev–Trinajstić information content (AvgIpc) is 3.08. The molecule has 2 aromatic rings. The van der Waals surface area contributed by atoms with Crippen LogP contribution in [0.5, 0.6) is 5.75 Å². The molecule has 5 heteroatoms. The SMILES string of the molecule is CN=C(NCc1ccc(OC)cc1)NCC(C)Cc1cccs1. The highest BCUT2D eigenvalue weighted by atomic mass is 32.1. The fourth-order valence-corrected chi connectivity index (χ4v) is 3.13. The van der Waals surface area contributed by atoms with Crippen molar-refractivity contribution in [3.8, 4) is 5.75 Å². The molecule has 4 nitrogen and oxygen atoms in total. The van der Waals surface area contributed by atoms with Crippen molar-refractivity contribution in [2.24, 2.45) is 10.9 Å². The predicted molar refractivity (Wildman–Crippen MR) is 98.4 cm³/mol. The Morgan fingerprint density at radius 3 is 2.61 bits per heavy atom. The monoisotopic (exact) mass is 331 g/mol. The van der Waals surface area contributed by atoms with E-state index in [2.05, 4.69) is 52.2 Å². The molecule has 124 valence electrons. The third-order valence-electron chi connectivity index (χ3n) is 3.59. The summed E-state index contributed by atoms with van der Waals surface area (Å²) in [6, 6.07) is 12.3. The standard InChI is InChI=1S/C18H25N3OS/c1-14(11-17-5-4-10-23-17)12-20-18(19-2)21-13-15-6-8-16(22-3)9-7-15/h4-10,14H,11-13H2,1-3H3,(H2,19,20,21). The predicted octanol–water partition coefficient (Wildman–Crippen LogP) is 3.30. The summed E-state index contributed by atoms with van der Waals surface area (Å²) in [5, 5.41) is 8.86. The van der Waals surface area contributed by atoms with Crippen LogP contribution >= 0.6 is 11.3 Å². The van der Waals surface area contributed by atoms with Crippen LogP contribution in [0.25, 0.3) is 0 Å². The van der Waals surface area contributed by atoms with Crippen molar-refractivity contribution in [1.82, 2.24) is 10.6 Å². The van der Waals surface area contributed by atoms with Crippen LogP contribution in [0.4, 0.5) is 0 Å². The van der Waals surface area contributed by atoms with Gasteiger partial charge in [0.25, 0.3) is 0 Å². The highest BCUT2D eigenvalue weighted by molar-refractivity contribution is 7.09. The van der Waals surface area contributed by atoms with E-state index in [4.69, 9.17) is 4.74 Å². The molecule has 0 saturated heterocycles. The van der Waals surface area contributed by atoms with Crippen LogP contribution in [-0.2, 0) is 13.0 Å². The first-order valence-electron chi connectivity index (χ1n) is 7.81. The fraction of sp³-hybridized carbons (Fsp3) is 0.389. The number of hydrogen-bond acceptors (Lipinski definition) is 3. The summed E-state index contributed by atoms with van der Waals surface area (Å²) in [7, 11) is 3.48. The van der Waals surface area contributed by atoms with E-state index >= 15 is 0 Å². The molecule has 1 atom stereocenters. The van der Waals surface area contributed by atoms with Crippen LogP contribution < -0.4 is 15.4 Å². The fourth-order valence-electron chi connectivity index (χ4n) is 2.27. The largest absolute Gasteiger partial charge is 0.497 e. The Morgan fingerprint density at radius 1 is 1.22 bits per heavy atom. The van der Waals surface area contributed by atoms with Gasteiger partial charge < -0.3 is 15.4 Å². The van der Waals surface area contributed by atoms with Gasteiger partial charge in [0, 0.05) is 25.0 Å². The van der Waals surface area contributed by atoms with E-state index < -0.39 is 0 Å². The molecular weight excluding hydrogens is 306 g/mol. The number of methoxy groups -OCH3 is 1. The highest BCUT2D eigenvalue weighted by Crippen LogP contribution is 2.14. The summed E-state index contributed by atoms with van der Waals surface area (Å²) in [5.74, 6) is 2.27. The molecule has 23 heavy (non-hydrogen) atoms. The number of guanidine groups is 1. The third kappa shape index (κ3) is 5.94. The number of ether oxygens (including phenoxy) is 1. The number of thiophene rings is 1. The molecule has 1 aromatic carbocycles. The second kappa shape index (κ2) is 9.20. The molecule has 1 unspecified atom stereocenters. The van der Waals surface area contributed by atoms with E-state index in [0.717, 1.165) is 31.2 Å². The topological polar surface area (TPSA) is 45.7 Å². The van der Waals surface area contributed by atoms with Crippen molar-refractivity contribution in [2.45, 2.75) is 19.9 Å². The molecule has 0 spiro atoms. The maximum absolute atomic E-state index is 5.17. The zero-order chi connectivity index (χ0) is 16.5. The Morgan fingerprint density at radius 2 is 2.00 bits per heavy atom. The second-order valence-corrected chi connectivity index (χ2v) is 6.58. The van der Waals surface area contributed by atoms with Gasteiger partial charge in [0.05, 0.1) is 7.11 Å². The smallest absolute Gasteiger partial charge is 0.191 e. The summed E-state index contributed by atoms with van der Waals surface area (Å²) in [6.45, 7) is 3.90. The molecule has 0 fully saturated rings. The van der Waals surface area contributed by atoms with Crippen molar-refractivity contribution in [3.63, 3.8) is 0 Å². The number of hydrogen-bond donors (Lipinski definition) is 2. The van der Waals surface area contributed by atoms with Crippen LogP contribution in [0, 0.1) is 5.92 Å². The Labute approximate surface area is 142 Å². The number of nitrogens with one attached hydrogen (secondary N) is 2. The van der Waals surface area contributed by atoms with Crippen molar-refractivity contribution in [3.05, 3.63) is 52.2 Å². The zero-order valence-corrected chi connectivity index (χ0v) is 14.8. The summed E-state index contributed by atoms with van der Waals surface area (Å²) in [6.07, 6.45) is 1.10. The van der Waals surface area contributed by atoms with Crippen LogP contribution in [0.2, 0.25) is 0 Å². The van der Waals surface area contributed by atoms with Gasteiger partial charge in [0.1, 0.15) is 5.75 Å². The Kier molecular flexibility index (Phi) is 6.94. The van der Waals surface area contributed by atoms with E-state index in [1.54, 1.807) is 14.2 Å². The number of nitrogens with zero attached hydrogens (tertiary/aromatic N) is 1. The lowest BCUT2D eigenvalue weighted by atomic mass is 10.1. The van der Waals surface area contributed by atoms with E-state index in [0.29, 0.717) is 5.92 Å². The molecule has 0 radical (unpaired) electrons. The van der Waals surface area contributed by atoms with Gasteiger partial charge in [-0.3, -0.25) is 4.99 Å². The molecular formula is C18H25N3OS. The molecule has 0 saturated carbocycles. The molecule has 1 heterocycles. The minimum absolute atomic E-state index is 0.563. The van der Waals surface area contributed by atoms with Crippen LogP contribution in [0.1, 0.15) is 17.4 Å². The number of aliphatic imine (C=N–C) groups is 1. The zero-order valence-electron chi connectivity index (χ0n) is 14.0. The van der Waals surface area contributed by atoms with Gasteiger partial charge in [-0.1, -0.05) is 25.1 Å². The molecule has 0 aliphatic carbocycles. The van der Waals surface area contributed by atoms with E-state index in [9.17, 15) is 0 Å². The Balaban J connectivity index is 1.74. The van der Waals surface area contributed by atoms with Gasteiger partial charge in [-0.15, -0.1) is 11.3 Å². The first kappa shape index (κ1) is 17.3. The van der Waals surface area contributed by atoms with Crippen molar-refractivity contribution in [2.75, 3.05) is 20.7 Å². The summed E-state index contributed by atoms with van der Waals surface area (Å²) >= 11 is 1.82. The summed E-state index contributed by atoms with van der Waals surface area (Å²) < 4.78 is 5.17. The normalized spacial score (nSPS) is 12.7. The lowest BCUT2D eigenvalue weighted by molar-refractivity contribution is 0.414. The lowest BCUT2D eigenvalue weighted by Crippen LogP contribution is -2.39. The van der Waals surface area contributed by atoms with Gasteiger partial charge in [-0.2, -0.15) is 0 Å². The quantitative estimate of drug-likeness (QED) is 0.604. The minimum atomic E-state index is 0.563. The molecule has 0 amide bonds. The van der Waals surface area contributed by atoms with Gasteiger partial charge >= 0.3 is 0 Å². The van der Waals surface area contributed by atoms with Crippen LogP contribution in [0.15, 0.2) is 46.8 Å². The molecule has 1 aromatic heterocycles. The van der Waals surface area contributed by atoms with E-state index in [1.807, 2.05) is 23.5 Å². The first-order valence-corrected chi connectivity index (χ1v) is 8.69. The first-order chi connectivity index (χ1) is 11.2. The molecule has 2 rings (SSSR count). The second-order valence-electron chi connectivity index (χ2n) is 5.54. The van der Waals surface area contributed by atoms with Crippen LogP contribution in [-0.4, -0.2) is 26.7 Å². The van der Waals surface area contributed by atoms with Crippen molar-refractivity contribution < 1.29 is 4.74 Å². The summed E-state index contributed by atoms with van der Waals surface area (Å²) in [5.41, 5.74) is 1.19. The van der Waals surface area contributed by atoms with Crippen molar-refractivity contribution in [1.29, 1.82) is 0 Å². The number of rotatable bonds is 7. The summed E-state index contributed by atoms with van der Waals surface area (Å²) in [4.78, 5) is 5.71. The number of benzene rings is 1. The van der Waals surface area contributed by atoms with Gasteiger partial charge in [0.15, 0.2) is 5.96 Å². The van der Waals surface area contributed by atoms with E-state index in [1.165, 1.54) is 10.4 Å². The molecule has 2 N–H and O–H groups in total. The lowest BCUT2D eigenvalue weighted by Gasteiger charge is -2.15. The minimum Gasteiger partial charge on any atom is -0.497 e. The highest BCUT2D eigenvalue weighted by Gasteiger charge is 2.06. The third-order valence-corrected chi connectivity index (χ3v) is 4.49. The van der Waals surface area contributed by atoms with Gasteiger partial charge in [-0.05, 0) is 41.5 Å². The molecule has 0 aliphatic rings. The van der Waals surface area contributed by atoms with Gasteiger partial charge in [0.2, 0.25) is 0 Å². The van der Waals surface area contributed by atoms with E-state index in [-0.39, 0.29) is 0 Å². The Bertz CT molecular complexity index is 593. The average molecular weight is 331 g/mol. The maximum Gasteiger partial charge on any atom is 0.191 e. The van der Waals surface area contributed by atoms with Crippen LogP contribution in [0.3, 0.4) is 0 Å². The maximum atomic E-state index is 5.17.